The number of hydrogen-bond donors (Lipinski definition) is 2. The van der Waals surface area contributed by atoms with Crippen molar-refractivity contribution in [3.05, 3.63) is 77.9 Å². The molecule has 1 amide bonds. The first-order valence-corrected chi connectivity index (χ1v) is 13.5. The highest BCUT2D eigenvalue weighted by molar-refractivity contribution is 7.92. The number of anilines is 1. The van der Waals surface area contributed by atoms with Gasteiger partial charge in [0.15, 0.2) is 0 Å². The molecule has 1 atom stereocenters. The summed E-state index contributed by atoms with van der Waals surface area (Å²) in [7, 11) is -4.61. The van der Waals surface area contributed by atoms with Gasteiger partial charge in [0.25, 0.3) is 15.9 Å². The van der Waals surface area contributed by atoms with E-state index in [0.29, 0.717) is 6.07 Å². The molecule has 1 unspecified atom stereocenters. The summed E-state index contributed by atoms with van der Waals surface area (Å²) in [6.07, 6.45) is -5.57. The molecule has 0 bridgehead atoms. The third-order valence-corrected chi connectivity index (χ3v) is 7.96. The summed E-state index contributed by atoms with van der Waals surface area (Å²) in [6, 6.07) is 10.0. The molecule has 1 aliphatic heterocycles. The van der Waals surface area contributed by atoms with Crippen LogP contribution in [0, 0.1) is 11.6 Å². The van der Waals surface area contributed by atoms with Gasteiger partial charge in [-0.05, 0) is 67.9 Å². The first-order chi connectivity index (χ1) is 18.6. The van der Waals surface area contributed by atoms with Crippen LogP contribution in [0.1, 0.15) is 25.8 Å². The van der Waals surface area contributed by atoms with E-state index in [9.17, 15) is 40.3 Å². The highest BCUT2D eigenvalue weighted by Crippen LogP contribution is 2.41. The zero-order valence-corrected chi connectivity index (χ0v) is 22.1. The van der Waals surface area contributed by atoms with Gasteiger partial charge in [0.2, 0.25) is 0 Å². The number of halogens is 5. The summed E-state index contributed by atoms with van der Waals surface area (Å²) < 4.78 is 103. The second-order valence-corrected chi connectivity index (χ2v) is 11.6. The average Bonchev–Trinajstić information content (AvgIpc) is 2.88. The van der Waals surface area contributed by atoms with E-state index in [-0.39, 0.29) is 42.1 Å². The predicted octanol–water partition coefficient (Wildman–Crippen LogP) is 4.88. The molecule has 0 saturated heterocycles. The number of fused-ring (bicyclic) bond motifs is 1. The normalized spacial score (nSPS) is 15.8. The van der Waals surface area contributed by atoms with Crippen LogP contribution < -0.4 is 14.4 Å². The van der Waals surface area contributed by atoms with Crippen LogP contribution in [0.2, 0.25) is 0 Å². The molecule has 0 radical (unpaired) electrons. The molecule has 1 aliphatic rings. The number of hydrogen-bond acceptors (Lipinski definition) is 5. The standard InChI is InChI=1S/C27H25F5N2O5S/c1-26(2,36)25(35)33-11-10-19-15-34(40(37,38)20-5-3-4-17(13-20)27(30,31)32)23-12-16(6-9-24(23)39-19)21-14-18(28)7-8-22(21)29/h3-9,12-14,19,36H,10-11,15H2,1-2H3,(H,33,35). The predicted molar refractivity (Wildman–Crippen MR) is 136 cm³/mol. The van der Waals surface area contributed by atoms with Crippen LogP contribution in [0.5, 0.6) is 5.75 Å². The highest BCUT2D eigenvalue weighted by atomic mass is 32.2. The van der Waals surface area contributed by atoms with Gasteiger partial charge >= 0.3 is 6.18 Å². The molecule has 13 heteroatoms. The number of rotatable bonds is 7. The second kappa shape index (κ2) is 10.7. The van der Waals surface area contributed by atoms with Crippen molar-refractivity contribution >= 4 is 21.6 Å². The number of amides is 1. The summed E-state index contributed by atoms with van der Waals surface area (Å²) in [5.74, 6) is -2.14. The van der Waals surface area contributed by atoms with Crippen LogP contribution in [-0.4, -0.2) is 44.2 Å². The van der Waals surface area contributed by atoms with Crippen molar-refractivity contribution < 1.29 is 45.0 Å². The van der Waals surface area contributed by atoms with Crippen molar-refractivity contribution in [3.8, 4) is 16.9 Å². The number of benzene rings is 3. The molecule has 0 fully saturated rings. The number of sulfonamides is 1. The minimum atomic E-state index is -4.79. The minimum Gasteiger partial charge on any atom is -0.486 e. The van der Waals surface area contributed by atoms with Crippen LogP contribution in [0.3, 0.4) is 0 Å². The lowest BCUT2D eigenvalue weighted by molar-refractivity contribution is -0.138. The quantitative estimate of drug-likeness (QED) is 0.386. The van der Waals surface area contributed by atoms with Gasteiger partial charge in [0.1, 0.15) is 29.1 Å². The Morgan fingerprint density at radius 1 is 1.07 bits per heavy atom. The fourth-order valence-electron chi connectivity index (χ4n) is 4.10. The largest absolute Gasteiger partial charge is 0.486 e. The first-order valence-electron chi connectivity index (χ1n) is 12.0. The summed E-state index contributed by atoms with van der Waals surface area (Å²) in [4.78, 5) is 11.4. The van der Waals surface area contributed by atoms with Gasteiger partial charge in [-0.25, -0.2) is 17.2 Å². The number of carbonyl (C=O) groups excluding carboxylic acids is 1. The average molecular weight is 585 g/mol. The van der Waals surface area contributed by atoms with Crippen molar-refractivity contribution in [2.45, 2.75) is 43.0 Å². The van der Waals surface area contributed by atoms with Crippen LogP contribution >= 0.6 is 0 Å². The Morgan fingerprint density at radius 3 is 2.48 bits per heavy atom. The van der Waals surface area contributed by atoms with Gasteiger partial charge < -0.3 is 15.2 Å². The number of nitrogens with one attached hydrogen (secondary N) is 1. The Morgan fingerprint density at radius 2 is 1.80 bits per heavy atom. The van der Waals surface area contributed by atoms with Gasteiger partial charge in [-0.1, -0.05) is 12.1 Å². The minimum absolute atomic E-state index is 0.00709. The Labute approximate surface area is 227 Å². The molecular formula is C27H25F5N2O5S. The first kappa shape index (κ1) is 29.3. The summed E-state index contributed by atoms with van der Waals surface area (Å²) in [5, 5.41) is 12.3. The molecule has 0 aromatic heterocycles. The molecular weight excluding hydrogens is 559 g/mol. The zero-order chi connectivity index (χ0) is 29.5. The van der Waals surface area contributed by atoms with Gasteiger partial charge in [-0.2, -0.15) is 13.2 Å². The molecule has 0 spiro atoms. The summed E-state index contributed by atoms with van der Waals surface area (Å²) in [5.41, 5.74) is -2.95. The third kappa shape index (κ3) is 6.20. The Bertz CT molecular complexity index is 1540. The van der Waals surface area contributed by atoms with Crippen LogP contribution in [-0.2, 0) is 21.0 Å². The van der Waals surface area contributed by atoms with E-state index in [0.717, 1.165) is 40.7 Å². The monoisotopic (exact) mass is 584 g/mol. The van der Waals surface area contributed by atoms with Crippen molar-refractivity contribution in [3.63, 3.8) is 0 Å². The maximum absolute atomic E-state index is 14.5. The van der Waals surface area contributed by atoms with E-state index in [1.807, 2.05) is 0 Å². The molecule has 1 heterocycles. The molecule has 4 rings (SSSR count). The molecule has 3 aromatic rings. The van der Waals surface area contributed by atoms with Crippen molar-refractivity contribution in [1.29, 1.82) is 0 Å². The Kier molecular flexibility index (Phi) is 7.83. The molecule has 40 heavy (non-hydrogen) atoms. The topological polar surface area (TPSA) is 95.9 Å². The maximum Gasteiger partial charge on any atom is 0.416 e. The van der Waals surface area contributed by atoms with E-state index in [2.05, 4.69) is 5.32 Å². The summed E-state index contributed by atoms with van der Waals surface area (Å²) >= 11 is 0. The lowest BCUT2D eigenvalue weighted by atomic mass is 10.0. The van der Waals surface area contributed by atoms with Crippen LogP contribution in [0.15, 0.2) is 65.6 Å². The number of ether oxygens (including phenoxy) is 1. The number of alkyl halides is 3. The third-order valence-electron chi connectivity index (χ3n) is 6.19. The molecule has 0 saturated carbocycles. The molecule has 0 aliphatic carbocycles. The SMILES string of the molecule is CC(C)(O)C(=O)NCCC1CN(S(=O)(=O)c2cccc(C(F)(F)F)c2)c2cc(-c3cc(F)ccc3F)ccc2O1. The Balaban J connectivity index is 1.75. The molecule has 2 N–H and O–H groups in total. The van der Waals surface area contributed by atoms with E-state index in [1.54, 1.807) is 0 Å². The molecule has 7 nitrogen and oxygen atoms in total. The van der Waals surface area contributed by atoms with Gasteiger partial charge in [0, 0.05) is 18.5 Å². The highest BCUT2D eigenvalue weighted by Gasteiger charge is 2.37. The zero-order valence-electron chi connectivity index (χ0n) is 21.3. The van der Waals surface area contributed by atoms with E-state index >= 15 is 0 Å². The number of aliphatic hydroxyl groups is 1. The smallest absolute Gasteiger partial charge is 0.416 e. The summed E-state index contributed by atoms with van der Waals surface area (Å²) in [6.45, 7) is 2.21. The number of nitrogens with zero attached hydrogens (tertiary/aromatic N) is 1. The van der Waals surface area contributed by atoms with E-state index < -0.39 is 55.9 Å². The number of carbonyl (C=O) groups is 1. The van der Waals surface area contributed by atoms with E-state index in [1.165, 1.54) is 32.0 Å². The molecule has 3 aromatic carbocycles. The second-order valence-electron chi connectivity index (χ2n) is 9.71. The van der Waals surface area contributed by atoms with Crippen molar-refractivity contribution in [2.24, 2.45) is 0 Å². The lowest BCUT2D eigenvalue weighted by Crippen LogP contribution is -2.46. The van der Waals surface area contributed by atoms with Gasteiger partial charge in [0.05, 0.1) is 22.7 Å². The van der Waals surface area contributed by atoms with Crippen molar-refractivity contribution in [1.82, 2.24) is 5.32 Å². The van der Waals surface area contributed by atoms with Crippen LogP contribution in [0.4, 0.5) is 27.6 Å². The van der Waals surface area contributed by atoms with Gasteiger partial charge in [-0.3, -0.25) is 9.10 Å². The maximum atomic E-state index is 14.5. The lowest BCUT2D eigenvalue weighted by Gasteiger charge is -2.36. The van der Waals surface area contributed by atoms with Gasteiger partial charge in [-0.15, -0.1) is 0 Å². The van der Waals surface area contributed by atoms with Crippen molar-refractivity contribution in [2.75, 3.05) is 17.4 Å². The fourth-order valence-corrected chi connectivity index (χ4v) is 5.64. The van der Waals surface area contributed by atoms with E-state index in [4.69, 9.17) is 4.74 Å². The van der Waals surface area contributed by atoms with Crippen LogP contribution in [0.25, 0.3) is 11.1 Å². The molecule has 214 valence electrons. The fraction of sp³-hybridized carbons (Fsp3) is 0.296. The Hall–Kier alpha value is -3.71.